The van der Waals surface area contributed by atoms with E-state index in [-0.39, 0.29) is 6.61 Å². The summed E-state index contributed by atoms with van der Waals surface area (Å²) in [6.45, 7) is 7.59. The molecule has 0 aliphatic heterocycles. The largest absolute Gasteiger partial charge is 0.481 e. The molecule has 2 N–H and O–H groups in total. The lowest BCUT2D eigenvalue weighted by molar-refractivity contribution is -0.184. The molecule has 0 aromatic heterocycles. The van der Waals surface area contributed by atoms with Crippen LogP contribution in [0.3, 0.4) is 0 Å². The molecule has 7 heteroatoms. The van der Waals surface area contributed by atoms with Crippen LogP contribution in [-0.4, -0.2) is 45.9 Å². The van der Waals surface area contributed by atoms with Crippen molar-refractivity contribution in [3.63, 3.8) is 0 Å². The molecule has 2 atom stereocenters. The predicted octanol–water partition coefficient (Wildman–Crippen LogP) is 3.00. The molecule has 0 saturated carbocycles. The summed E-state index contributed by atoms with van der Waals surface area (Å²) in [4.78, 5) is 35.0. The van der Waals surface area contributed by atoms with Gasteiger partial charge in [0.25, 0.3) is 0 Å². The van der Waals surface area contributed by atoms with E-state index in [9.17, 15) is 19.5 Å². The fraction of sp³-hybridized carbons (Fsp3) is 0.824. The number of esters is 1. The van der Waals surface area contributed by atoms with Crippen LogP contribution in [-0.2, 0) is 23.9 Å². The maximum Gasteiger partial charge on any atom is 0.337 e. The summed E-state index contributed by atoms with van der Waals surface area (Å²) in [7, 11) is 0. The third-order valence-electron chi connectivity index (χ3n) is 4.02. The van der Waals surface area contributed by atoms with Crippen LogP contribution in [0.4, 0.5) is 0 Å². The summed E-state index contributed by atoms with van der Waals surface area (Å²) in [6, 6.07) is 0. The predicted molar refractivity (Wildman–Crippen MR) is 87.8 cm³/mol. The Kier molecular flexibility index (Phi) is 9.58. The van der Waals surface area contributed by atoms with Crippen molar-refractivity contribution in [1.29, 1.82) is 0 Å². The van der Waals surface area contributed by atoms with Crippen LogP contribution in [0.5, 0.6) is 0 Å². The quantitative estimate of drug-likeness (QED) is 0.389. The highest BCUT2D eigenvalue weighted by molar-refractivity contribution is 5.89. The number of carboxylic acids is 2. The number of rotatable bonds is 13. The van der Waals surface area contributed by atoms with E-state index >= 15 is 0 Å². The van der Waals surface area contributed by atoms with E-state index in [1.54, 1.807) is 6.92 Å². The van der Waals surface area contributed by atoms with Crippen molar-refractivity contribution < 1.29 is 34.1 Å². The van der Waals surface area contributed by atoms with Crippen molar-refractivity contribution in [1.82, 2.24) is 0 Å². The highest BCUT2D eigenvalue weighted by Gasteiger charge is 2.45. The number of carbonyl (C=O) groups excluding carboxylic acids is 1. The van der Waals surface area contributed by atoms with E-state index in [1.165, 1.54) is 0 Å². The highest BCUT2D eigenvalue weighted by atomic mass is 16.6. The zero-order chi connectivity index (χ0) is 18.8. The van der Waals surface area contributed by atoms with Crippen molar-refractivity contribution in [2.45, 2.75) is 83.8 Å². The Morgan fingerprint density at radius 2 is 1.62 bits per heavy atom. The molecule has 2 unspecified atom stereocenters. The van der Waals surface area contributed by atoms with Crippen LogP contribution in [0.25, 0.3) is 0 Å². The van der Waals surface area contributed by atoms with Gasteiger partial charge in [-0.15, -0.1) is 0 Å². The molecule has 24 heavy (non-hydrogen) atoms. The van der Waals surface area contributed by atoms with Gasteiger partial charge in [-0.3, -0.25) is 9.59 Å². The molecule has 0 radical (unpaired) electrons. The first kappa shape index (κ1) is 22.4. The summed E-state index contributed by atoms with van der Waals surface area (Å²) in [5.74, 6) is -3.56. The second-order valence-corrected chi connectivity index (χ2v) is 6.28. The minimum Gasteiger partial charge on any atom is -0.481 e. The molecule has 0 aromatic rings. The average molecular weight is 346 g/mol. The Labute approximate surface area is 143 Å². The summed E-state index contributed by atoms with van der Waals surface area (Å²) in [6.07, 6.45) is 1.95. The van der Waals surface area contributed by atoms with E-state index in [0.29, 0.717) is 19.3 Å². The molecule has 0 spiro atoms. The van der Waals surface area contributed by atoms with Gasteiger partial charge in [0.2, 0.25) is 0 Å². The molecule has 0 fully saturated rings. The third-order valence-corrected chi connectivity index (χ3v) is 4.02. The van der Waals surface area contributed by atoms with E-state index in [0.717, 1.165) is 12.8 Å². The molecule has 7 nitrogen and oxygen atoms in total. The average Bonchev–Trinajstić information content (AvgIpc) is 2.46. The smallest absolute Gasteiger partial charge is 0.337 e. The first-order valence-electron chi connectivity index (χ1n) is 8.45. The number of unbranched alkanes of at least 4 members (excludes halogenated alkanes) is 1. The normalized spacial score (nSPS) is 16.0. The number of hydrogen-bond acceptors (Lipinski definition) is 5. The molecule has 0 aliphatic carbocycles. The molecule has 0 heterocycles. The van der Waals surface area contributed by atoms with Crippen LogP contribution >= 0.6 is 0 Å². The third kappa shape index (κ3) is 7.29. The summed E-state index contributed by atoms with van der Waals surface area (Å²) in [5, 5.41) is 18.5. The van der Waals surface area contributed by atoms with Crippen LogP contribution in [0.15, 0.2) is 0 Å². The van der Waals surface area contributed by atoms with Gasteiger partial charge in [-0.25, -0.2) is 4.79 Å². The zero-order valence-electron chi connectivity index (χ0n) is 15.1. The van der Waals surface area contributed by atoms with E-state index in [1.807, 2.05) is 20.8 Å². The topological polar surface area (TPSA) is 110 Å². The van der Waals surface area contributed by atoms with Crippen molar-refractivity contribution in [2.24, 2.45) is 0 Å². The van der Waals surface area contributed by atoms with Gasteiger partial charge in [-0.1, -0.05) is 33.6 Å². The number of carbonyl (C=O) groups is 3. The van der Waals surface area contributed by atoms with Crippen molar-refractivity contribution in [2.75, 3.05) is 6.61 Å². The molecule has 0 amide bonds. The van der Waals surface area contributed by atoms with Gasteiger partial charge in [0.1, 0.15) is 5.60 Å². The van der Waals surface area contributed by atoms with Gasteiger partial charge in [-0.2, -0.15) is 0 Å². The van der Waals surface area contributed by atoms with Gasteiger partial charge in [-0.05, 0) is 26.2 Å². The van der Waals surface area contributed by atoms with Crippen molar-refractivity contribution in [3.05, 3.63) is 0 Å². The first-order chi connectivity index (χ1) is 11.1. The van der Waals surface area contributed by atoms with Gasteiger partial charge >= 0.3 is 17.9 Å². The van der Waals surface area contributed by atoms with E-state index in [2.05, 4.69) is 0 Å². The SMILES string of the molecule is CCCCOC(CC(=O)O)(CC(=O)OC(C)(CC)CCC)C(=O)O. The Hall–Kier alpha value is -1.63. The molecule has 0 bridgehead atoms. The number of carboxylic acid groups (broad SMARTS) is 2. The Morgan fingerprint density at radius 3 is 2.04 bits per heavy atom. The van der Waals surface area contributed by atoms with E-state index in [4.69, 9.17) is 14.6 Å². The maximum absolute atomic E-state index is 12.3. The Balaban J connectivity index is 5.23. The lowest BCUT2D eigenvalue weighted by atomic mass is 9.94. The number of aliphatic carboxylic acids is 2. The molecule has 0 rings (SSSR count). The van der Waals surface area contributed by atoms with Gasteiger partial charge in [0.15, 0.2) is 5.60 Å². The minimum atomic E-state index is -2.10. The van der Waals surface area contributed by atoms with Gasteiger partial charge < -0.3 is 19.7 Å². The fourth-order valence-corrected chi connectivity index (χ4v) is 2.41. The van der Waals surface area contributed by atoms with Crippen molar-refractivity contribution >= 4 is 17.9 Å². The summed E-state index contributed by atoms with van der Waals surface area (Å²) >= 11 is 0. The molecular weight excluding hydrogens is 316 g/mol. The standard InChI is InChI=1S/C17H30O7/c1-5-8-10-23-17(15(21)22,11-13(18)19)12-14(20)24-16(4,7-3)9-6-2/h5-12H2,1-4H3,(H,18,19)(H,21,22). The van der Waals surface area contributed by atoms with E-state index < -0.39 is 42.0 Å². The molecular formula is C17H30O7. The van der Waals surface area contributed by atoms with Crippen LogP contribution < -0.4 is 0 Å². The Bertz CT molecular complexity index is 435. The molecule has 0 aliphatic rings. The zero-order valence-corrected chi connectivity index (χ0v) is 15.1. The Morgan fingerprint density at radius 1 is 1.00 bits per heavy atom. The monoisotopic (exact) mass is 346 g/mol. The first-order valence-corrected chi connectivity index (χ1v) is 8.45. The minimum absolute atomic E-state index is 0.0728. The number of hydrogen-bond donors (Lipinski definition) is 2. The summed E-state index contributed by atoms with van der Waals surface area (Å²) < 4.78 is 10.8. The second kappa shape index (κ2) is 10.3. The van der Waals surface area contributed by atoms with Crippen LogP contribution in [0, 0.1) is 0 Å². The van der Waals surface area contributed by atoms with Gasteiger partial charge in [0, 0.05) is 6.61 Å². The second-order valence-electron chi connectivity index (χ2n) is 6.28. The lowest BCUT2D eigenvalue weighted by Crippen LogP contribution is -2.47. The van der Waals surface area contributed by atoms with Crippen LogP contribution in [0.1, 0.15) is 72.6 Å². The van der Waals surface area contributed by atoms with Crippen LogP contribution in [0.2, 0.25) is 0 Å². The highest BCUT2D eigenvalue weighted by Crippen LogP contribution is 2.27. The molecule has 140 valence electrons. The molecule has 0 saturated heterocycles. The molecule has 0 aromatic carbocycles. The lowest BCUT2D eigenvalue weighted by Gasteiger charge is -2.32. The fourth-order valence-electron chi connectivity index (χ4n) is 2.41. The van der Waals surface area contributed by atoms with Gasteiger partial charge in [0.05, 0.1) is 12.8 Å². The van der Waals surface area contributed by atoms with Crippen molar-refractivity contribution in [3.8, 4) is 0 Å². The number of ether oxygens (including phenoxy) is 2. The summed E-state index contributed by atoms with van der Waals surface area (Å²) in [5.41, 5.74) is -2.79. The maximum atomic E-state index is 12.3.